The van der Waals surface area contributed by atoms with Crippen molar-refractivity contribution in [3.05, 3.63) is 90.4 Å². The first-order valence-corrected chi connectivity index (χ1v) is 9.24. The van der Waals surface area contributed by atoms with Gasteiger partial charge in [-0.15, -0.1) is 0 Å². The zero-order chi connectivity index (χ0) is 19.3. The smallest absolute Gasteiger partial charge is 0.147 e. The molecule has 0 aliphatic carbocycles. The van der Waals surface area contributed by atoms with Gasteiger partial charge in [0.05, 0.1) is 24.0 Å². The van der Waals surface area contributed by atoms with E-state index in [1.807, 2.05) is 73.7 Å². The number of hydrogen-bond donors (Lipinski definition) is 2. The lowest BCUT2D eigenvalue weighted by Gasteiger charge is -2.23. The average Bonchev–Trinajstić information content (AvgIpc) is 2.75. The molecule has 0 unspecified atom stereocenters. The first-order chi connectivity index (χ1) is 13.8. The third kappa shape index (κ3) is 3.47. The standard InChI is InChI=1S/C23H21N3O2/c1-2-28-20-11-4-3-9-18(20)26-22(19-10-5-6-14-24-19)17-13-12-16-8-7-15-25-21(16)23(17)27/h3-15,22,26-27H,2H2,1H3/t22-/m1/s1. The van der Waals surface area contributed by atoms with Gasteiger partial charge in [0.25, 0.3) is 0 Å². The van der Waals surface area contributed by atoms with E-state index in [1.165, 1.54) is 0 Å². The summed E-state index contributed by atoms with van der Waals surface area (Å²) in [5.41, 5.74) is 2.90. The van der Waals surface area contributed by atoms with E-state index < -0.39 is 0 Å². The lowest BCUT2D eigenvalue weighted by atomic mass is 9.99. The molecule has 4 rings (SSSR count). The Kier molecular flexibility index (Phi) is 5.06. The van der Waals surface area contributed by atoms with Crippen molar-refractivity contribution in [2.75, 3.05) is 11.9 Å². The number of benzene rings is 2. The van der Waals surface area contributed by atoms with Crippen LogP contribution < -0.4 is 10.1 Å². The van der Waals surface area contributed by atoms with Crippen LogP contribution in [0.3, 0.4) is 0 Å². The number of rotatable bonds is 6. The summed E-state index contributed by atoms with van der Waals surface area (Å²) < 4.78 is 5.75. The molecule has 28 heavy (non-hydrogen) atoms. The molecule has 0 aliphatic heterocycles. The third-order valence-electron chi connectivity index (χ3n) is 4.56. The molecule has 0 saturated carbocycles. The van der Waals surface area contributed by atoms with E-state index >= 15 is 0 Å². The fourth-order valence-electron chi connectivity index (χ4n) is 3.26. The van der Waals surface area contributed by atoms with Crippen LogP contribution in [0, 0.1) is 0 Å². The van der Waals surface area contributed by atoms with Gasteiger partial charge in [0.15, 0.2) is 0 Å². The molecule has 0 spiro atoms. The molecule has 0 fully saturated rings. The number of anilines is 1. The highest BCUT2D eigenvalue weighted by Crippen LogP contribution is 2.37. The van der Waals surface area contributed by atoms with Gasteiger partial charge >= 0.3 is 0 Å². The highest BCUT2D eigenvalue weighted by molar-refractivity contribution is 5.86. The van der Waals surface area contributed by atoms with Crippen LogP contribution in [0.15, 0.2) is 79.1 Å². The summed E-state index contributed by atoms with van der Waals surface area (Å²) in [6, 6.07) is 20.8. The Morgan fingerprint density at radius 1 is 0.929 bits per heavy atom. The number of pyridine rings is 2. The molecule has 2 aromatic carbocycles. The molecular weight excluding hydrogens is 350 g/mol. The molecule has 0 aliphatic rings. The molecule has 0 bridgehead atoms. The summed E-state index contributed by atoms with van der Waals surface area (Å²) in [6.45, 7) is 2.52. The monoisotopic (exact) mass is 371 g/mol. The van der Waals surface area contributed by atoms with Crippen LogP contribution in [-0.2, 0) is 0 Å². The number of hydrogen-bond acceptors (Lipinski definition) is 5. The number of fused-ring (bicyclic) bond motifs is 1. The molecule has 0 radical (unpaired) electrons. The second kappa shape index (κ2) is 7.96. The van der Waals surface area contributed by atoms with Gasteiger partial charge in [0.1, 0.15) is 17.0 Å². The molecule has 2 N–H and O–H groups in total. The second-order valence-electron chi connectivity index (χ2n) is 6.34. The highest BCUT2D eigenvalue weighted by Gasteiger charge is 2.22. The fraction of sp³-hybridized carbons (Fsp3) is 0.130. The molecule has 0 saturated heterocycles. The zero-order valence-electron chi connectivity index (χ0n) is 15.5. The Morgan fingerprint density at radius 2 is 1.75 bits per heavy atom. The lowest BCUT2D eigenvalue weighted by Crippen LogP contribution is -2.15. The fourth-order valence-corrected chi connectivity index (χ4v) is 3.26. The average molecular weight is 371 g/mol. The molecule has 140 valence electrons. The highest BCUT2D eigenvalue weighted by atomic mass is 16.5. The van der Waals surface area contributed by atoms with E-state index in [-0.39, 0.29) is 11.8 Å². The van der Waals surface area contributed by atoms with Crippen molar-refractivity contribution in [3.63, 3.8) is 0 Å². The number of aromatic nitrogens is 2. The maximum Gasteiger partial charge on any atom is 0.147 e. The Balaban J connectivity index is 1.83. The molecule has 5 heteroatoms. The zero-order valence-corrected chi connectivity index (χ0v) is 15.5. The minimum Gasteiger partial charge on any atom is -0.505 e. The molecule has 1 atom stereocenters. The van der Waals surface area contributed by atoms with Crippen molar-refractivity contribution in [1.29, 1.82) is 0 Å². The van der Waals surface area contributed by atoms with Crippen molar-refractivity contribution in [2.45, 2.75) is 13.0 Å². The minimum atomic E-state index is -0.366. The van der Waals surface area contributed by atoms with Crippen molar-refractivity contribution < 1.29 is 9.84 Å². The summed E-state index contributed by atoms with van der Waals surface area (Å²) in [5, 5.41) is 15.4. The summed E-state index contributed by atoms with van der Waals surface area (Å²) in [7, 11) is 0. The van der Waals surface area contributed by atoms with E-state index in [0.717, 1.165) is 22.5 Å². The van der Waals surface area contributed by atoms with Gasteiger partial charge in [-0.05, 0) is 37.3 Å². The number of phenols is 1. The lowest BCUT2D eigenvalue weighted by molar-refractivity contribution is 0.341. The Labute approximate surface area is 163 Å². The van der Waals surface area contributed by atoms with Crippen molar-refractivity contribution >= 4 is 16.6 Å². The van der Waals surface area contributed by atoms with E-state index in [0.29, 0.717) is 17.7 Å². The quantitative estimate of drug-likeness (QED) is 0.503. The Bertz CT molecular complexity index is 1080. The number of phenolic OH excluding ortho intramolecular Hbond substituents is 1. The number of aromatic hydroxyl groups is 1. The van der Waals surface area contributed by atoms with Crippen LogP contribution in [0.1, 0.15) is 24.2 Å². The normalized spacial score (nSPS) is 11.9. The van der Waals surface area contributed by atoms with E-state index in [4.69, 9.17) is 4.74 Å². The summed E-state index contributed by atoms with van der Waals surface area (Å²) >= 11 is 0. The van der Waals surface area contributed by atoms with Gasteiger partial charge < -0.3 is 15.2 Å². The van der Waals surface area contributed by atoms with Gasteiger partial charge in [-0.1, -0.05) is 36.4 Å². The summed E-state index contributed by atoms with van der Waals surface area (Å²) in [5.74, 6) is 0.902. The predicted molar refractivity (Wildman–Crippen MR) is 111 cm³/mol. The maximum absolute atomic E-state index is 11.0. The van der Waals surface area contributed by atoms with Crippen LogP contribution in [0.5, 0.6) is 11.5 Å². The Hall–Kier alpha value is -3.60. The molecule has 5 nitrogen and oxygen atoms in total. The number of nitrogens with one attached hydrogen (secondary N) is 1. The molecular formula is C23H21N3O2. The molecule has 2 aromatic heterocycles. The molecule has 0 amide bonds. The maximum atomic E-state index is 11.0. The van der Waals surface area contributed by atoms with Crippen LogP contribution in [0.25, 0.3) is 10.9 Å². The third-order valence-corrected chi connectivity index (χ3v) is 4.56. The predicted octanol–water partition coefficient (Wildman–Crippen LogP) is 4.94. The van der Waals surface area contributed by atoms with Crippen LogP contribution >= 0.6 is 0 Å². The van der Waals surface area contributed by atoms with Gasteiger partial charge in [-0.25, -0.2) is 0 Å². The first kappa shape index (κ1) is 17.8. The van der Waals surface area contributed by atoms with Crippen molar-refractivity contribution in [1.82, 2.24) is 9.97 Å². The SMILES string of the molecule is CCOc1ccccc1N[C@@H](c1ccccn1)c1ccc2cccnc2c1O. The number of ether oxygens (including phenoxy) is 1. The topological polar surface area (TPSA) is 67.3 Å². The van der Waals surface area contributed by atoms with Gasteiger partial charge in [-0.3, -0.25) is 9.97 Å². The summed E-state index contributed by atoms with van der Waals surface area (Å²) in [4.78, 5) is 8.86. The first-order valence-electron chi connectivity index (χ1n) is 9.24. The van der Waals surface area contributed by atoms with Gasteiger partial charge in [-0.2, -0.15) is 0 Å². The number of para-hydroxylation sites is 2. The van der Waals surface area contributed by atoms with Gasteiger partial charge in [0, 0.05) is 23.3 Å². The number of nitrogens with zero attached hydrogens (tertiary/aromatic N) is 2. The molecule has 2 heterocycles. The van der Waals surface area contributed by atoms with Crippen LogP contribution in [-0.4, -0.2) is 21.7 Å². The minimum absolute atomic E-state index is 0.148. The summed E-state index contributed by atoms with van der Waals surface area (Å²) in [6.07, 6.45) is 3.42. The van der Waals surface area contributed by atoms with Gasteiger partial charge in [0.2, 0.25) is 0 Å². The largest absolute Gasteiger partial charge is 0.505 e. The second-order valence-corrected chi connectivity index (χ2v) is 6.34. The van der Waals surface area contributed by atoms with E-state index in [2.05, 4.69) is 15.3 Å². The van der Waals surface area contributed by atoms with E-state index in [1.54, 1.807) is 12.4 Å². The molecule has 4 aromatic rings. The van der Waals surface area contributed by atoms with E-state index in [9.17, 15) is 5.11 Å². The Morgan fingerprint density at radius 3 is 2.57 bits per heavy atom. The van der Waals surface area contributed by atoms with Crippen LogP contribution in [0.2, 0.25) is 0 Å². The van der Waals surface area contributed by atoms with Crippen LogP contribution in [0.4, 0.5) is 5.69 Å². The van der Waals surface area contributed by atoms with Crippen molar-refractivity contribution in [3.8, 4) is 11.5 Å². The van der Waals surface area contributed by atoms with Crippen molar-refractivity contribution in [2.24, 2.45) is 0 Å².